The van der Waals surface area contributed by atoms with E-state index in [-0.39, 0.29) is 24.0 Å². The Kier molecular flexibility index (Phi) is 6.63. The first-order valence-electron chi connectivity index (χ1n) is 11.0. The molecule has 0 aliphatic carbocycles. The molecule has 0 spiro atoms. The van der Waals surface area contributed by atoms with Crippen molar-refractivity contribution in [3.63, 3.8) is 0 Å². The number of ketones is 1. The zero-order valence-corrected chi connectivity index (χ0v) is 19.3. The van der Waals surface area contributed by atoms with Gasteiger partial charge in [-0.3, -0.25) is 14.6 Å². The Morgan fingerprint density at radius 3 is 2.50 bits per heavy atom. The summed E-state index contributed by atoms with van der Waals surface area (Å²) in [6, 6.07) is 16.8. The fourth-order valence-electron chi connectivity index (χ4n) is 4.10. The maximum atomic E-state index is 13.2. The van der Waals surface area contributed by atoms with E-state index in [0.717, 1.165) is 5.56 Å². The van der Waals surface area contributed by atoms with Gasteiger partial charge in [-0.05, 0) is 49.7 Å². The molecular weight excluding hydrogens is 432 g/mol. The highest BCUT2D eigenvalue weighted by Gasteiger charge is 2.46. The molecule has 1 N–H and O–H groups in total. The lowest BCUT2D eigenvalue weighted by Gasteiger charge is -2.26. The molecule has 1 unspecified atom stereocenters. The van der Waals surface area contributed by atoms with E-state index in [9.17, 15) is 14.7 Å². The zero-order chi connectivity index (χ0) is 24.2. The van der Waals surface area contributed by atoms with Gasteiger partial charge in [0.25, 0.3) is 11.7 Å². The molecule has 34 heavy (non-hydrogen) atoms. The number of likely N-dealkylation sites (tertiary alicyclic amines) is 1. The molecule has 1 fully saturated rings. The summed E-state index contributed by atoms with van der Waals surface area (Å²) < 4.78 is 11.2. The number of para-hydroxylation sites is 1. The number of ether oxygens (including phenoxy) is 2. The molecule has 1 aromatic heterocycles. The summed E-state index contributed by atoms with van der Waals surface area (Å²) in [7, 11) is 1.56. The van der Waals surface area contributed by atoms with Gasteiger partial charge < -0.3 is 19.5 Å². The fraction of sp³-hybridized carbons (Fsp3) is 0.222. The van der Waals surface area contributed by atoms with Gasteiger partial charge in [0.1, 0.15) is 17.3 Å². The van der Waals surface area contributed by atoms with Crippen LogP contribution in [-0.4, -0.2) is 39.9 Å². The number of carbonyl (C=O) groups excluding carboxylic acids is 2. The van der Waals surface area contributed by atoms with E-state index in [0.29, 0.717) is 22.6 Å². The first-order valence-corrected chi connectivity index (χ1v) is 11.0. The average Bonchev–Trinajstić information content (AvgIpc) is 3.09. The third-order valence-corrected chi connectivity index (χ3v) is 5.57. The van der Waals surface area contributed by atoms with Gasteiger partial charge in [-0.15, -0.1) is 0 Å². The zero-order valence-electron chi connectivity index (χ0n) is 19.3. The van der Waals surface area contributed by atoms with Crippen molar-refractivity contribution in [2.75, 3.05) is 7.11 Å². The number of nitrogens with zero attached hydrogens (tertiary/aromatic N) is 2. The highest BCUT2D eigenvalue weighted by atomic mass is 16.5. The van der Waals surface area contributed by atoms with Crippen LogP contribution in [0.1, 0.15) is 36.6 Å². The monoisotopic (exact) mass is 458 g/mol. The number of hydrogen-bond donors (Lipinski definition) is 1. The molecule has 3 aromatic rings. The van der Waals surface area contributed by atoms with Crippen LogP contribution in [0.4, 0.5) is 0 Å². The van der Waals surface area contributed by atoms with Crippen molar-refractivity contribution in [1.82, 2.24) is 9.88 Å². The van der Waals surface area contributed by atoms with Crippen molar-refractivity contribution in [3.05, 3.63) is 95.3 Å². The molecule has 2 aromatic carbocycles. The number of pyridine rings is 1. The largest absolute Gasteiger partial charge is 0.507 e. The number of aliphatic hydroxyl groups excluding tert-OH is 1. The van der Waals surface area contributed by atoms with Crippen LogP contribution in [0, 0.1) is 0 Å². The summed E-state index contributed by atoms with van der Waals surface area (Å²) in [5, 5.41) is 11.3. The lowest BCUT2D eigenvalue weighted by atomic mass is 9.95. The molecule has 174 valence electrons. The molecular formula is C27H26N2O5. The first-order chi connectivity index (χ1) is 16.4. The molecule has 0 bridgehead atoms. The summed E-state index contributed by atoms with van der Waals surface area (Å²) in [4.78, 5) is 31.9. The van der Waals surface area contributed by atoms with Gasteiger partial charge in [0, 0.05) is 23.5 Å². The highest BCUT2D eigenvalue weighted by Crippen LogP contribution is 2.41. The van der Waals surface area contributed by atoms with Crippen LogP contribution in [0.5, 0.6) is 11.5 Å². The molecule has 2 heterocycles. The van der Waals surface area contributed by atoms with Crippen LogP contribution >= 0.6 is 0 Å². The van der Waals surface area contributed by atoms with E-state index in [2.05, 4.69) is 4.98 Å². The maximum Gasteiger partial charge on any atom is 0.295 e. The van der Waals surface area contributed by atoms with Crippen molar-refractivity contribution < 1.29 is 24.2 Å². The number of methoxy groups -OCH3 is 1. The van der Waals surface area contributed by atoms with Gasteiger partial charge in [0.15, 0.2) is 0 Å². The molecule has 4 rings (SSSR count). The van der Waals surface area contributed by atoms with E-state index in [1.807, 2.05) is 32.0 Å². The molecule has 1 aliphatic rings. The van der Waals surface area contributed by atoms with Crippen molar-refractivity contribution in [2.45, 2.75) is 32.5 Å². The van der Waals surface area contributed by atoms with Gasteiger partial charge in [-0.25, -0.2) is 0 Å². The van der Waals surface area contributed by atoms with E-state index >= 15 is 0 Å². The molecule has 1 atom stereocenters. The summed E-state index contributed by atoms with van der Waals surface area (Å²) >= 11 is 0. The second-order valence-electron chi connectivity index (χ2n) is 8.21. The third-order valence-electron chi connectivity index (χ3n) is 5.57. The number of Topliss-reactive ketones (excluding diaryl/α,β-unsaturated/α-hetero) is 1. The standard InChI is InChI=1S/C27H26N2O5/c1-17(2)34-21-9-6-8-19(15-21)25(30)23-24(18-11-13-28-14-12-18)29(27(32)26(23)31)16-20-7-4-5-10-22(20)33-3/h4-15,17,24,30H,16H2,1-3H3/b25-23-. The molecule has 1 saturated heterocycles. The van der Waals surface area contributed by atoms with Crippen molar-refractivity contribution >= 4 is 17.4 Å². The van der Waals surface area contributed by atoms with Gasteiger partial charge in [-0.2, -0.15) is 0 Å². The summed E-state index contributed by atoms with van der Waals surface area (Å²) in [5.41, 5.74) is 1.83. The second kappa shape index (κ2) is 9.79. The number of carbonyl (C=O) groups is 2. The normalized spacial score (nSPS) is 17.3. The number of amides is 1. The van der Waals surface area contributed by atoms with E-state index in [1.54, 1.807) is 62.0 Å². The van der Waals surface area contributed by atoms with Crippen LogP contribution in [0.2, 0.25) is 0 Å². The van der Waals surface area contributed by atoms with Crippen molar-refractivity contribution in [2.24, 2.45) is 0 Å². The number of rotatable bonds is 7. The fourth-order valence-corrected chi connectivity index (χ4v) is 4.10. The lowest BCUT2D eigenvalue weighted by molar-refractivity contribution is -0.140. The van der Waals surface area contributed by atoms with Crippen LogP contribution in [0.3, 0.4) is 0 Å². The third kappa shape index (κ3) is 4.50. The molecule has 7 heteroatoms. The molecule has 0 radical (unpaired) electrons. The Balaban J connectivity index is 1.83. The SMILES string of the molecule is COc1ccccc1CN1C(=O)C(=O)/C(=C(\O)c2cccc(OC(C)C)c2)C1c1ccncc1. The number of hydrogen-bond acceptors (Lipinski definition) is 6. The Bertz CT molecular complexity index is 1240. The summed E-state index contributed by atoms with van der Waals surface area (Å²) in [6.45, 7) is 3.94. The van der Waals surface area contributed by atoms with Gasteiger partial charge >= 0.3 is 0 Å². The summed E-state index contributed by atoms with van der Waals surface area (Å²) in [6.07, 6.45) is 3.13. The Morgan fingerprint density at radius 2 is 1.79 bits per heavy atom. The minimum absolute atomic E-state index is 0.0211. The smallest absolute Gasteiger partial charge is 0.295 e. The van der Waals surface area contributed by atoms with Crippen molar-refractivity contribution in [1.29, 1.82) is 0 Å². The van der Waals surface area contributed by atoms with E-state index in [1.165, 1.54) is 4.90 Å². The predicted octanol–water partition coefficient (Wildman–Crippen LogP) is 4.50. The number of benzene rings is 2. The highest BCUT2D eigenvalue weighted by molar-refractivity contribution is 6.46. The maximum absolute atomic E-state index is 13.2. The van der Waals surface area contributed by atoms with Crippen LogP contribution < -0.4 is 9.47 Å². The van der Waals surface area contributed by atoms with E-state index < -0.39 is 17.7 Å². The molecule has 7 nitrogen and oxygen atoms in total. The summed E-state index contributed by atoms with van der Waals surface area (Å²) in [5.74, 6) is -0.524. The topological polar surface area (TPSA) is 89.0 Å². The number of aromatic nitrogens is 1. The number of aliphatic hydroxyl groups is 1. The Hall–Kier alpha value is -4.13. The van der Waals surface area contributed by atoms with Crippen LogP contribution in [0.15, 0.2) is 78.6 Å². The molecule has 1 aliphatic heterocycles. The molecule has 0 saturated carbocycles. The predicted molar refractivity (Wildman–Crippen MR) is 127 cm³/mol. The quantitative estimate of drug-likeness (QED) is 0.319. The van der Waals surface area contributed by atoms with Crippen molar-refractivity contribution in [3.8, 4) is 11.5 Å². The molecule has 1 amide bonds. The second-order valence-corrected chi connectivity index (χ2v) is 8.21. The van der Waals surface area contributed by atoms with E-state index in [4.69, 9.17) is 9.47 Å². The lowest BCUT2D eigenvalue weighted by Crippen LogP contribution is -2.29. The minimum Gasteiger partial charge on any atom is -0.507 e. The first kappa shape index (κ1) is 23.0. The Morgan fingerprint density at radius 1 is 1.06 bits per heavy atom. The van der Waals surface area contributed by atoms with Gasteiger partial charge in [-0.1, -0.05) is 30.3 Å². The van der Waals surface area contributed by atoms with Gasteiger partial charge in [0.05, 0.1) is 31.4 Å². The van der Waals surface area contributed by atoms with Gasteiger partial charge in [0.2, 0.25) is 0 Å². The average molecular weight is 459 g/mol. The Labute approximate surface area is 198 Å². The minimum atomic E-state index is -0.789. The van der Waals surface area contributed by atoms with Crippen LogP contribution in [0.25, 0.3) is 5.76 Å². The van der Waals surface area contributed by atoms with Crippen LogP contribution in [-0.2, 0) is 16.1 Å².